The molecule has 1 N–H and O–H groups in total. The van der Waals surface area contributed by atoms with Crippen molar-refractivity contribution in [2.75, 3.05) is 0 Å². The van der Waals surface area contributed by atoms with Crippen LogP contribution >= 0.6 is 0 Å². The van der Waals surface area contributed by atoms with Gasteiger partial charge in [0.2, 0.25) is 11.8 Å². The van der Waals surface area contributed by atoms with Crippen molar-refractivity contribution < 1.29 is 18.7 Å². The van der Waals surface area contributed by atoms with E-state index in [1.807, 2.05) is 30.3 Å². The van der Waals surface area contributed by atoms with E-state index in [4.69, 9.17) is 4.74 Å². The number of carbonyl (C=O) groups excluding carboxylic acids is 2. The Kier molecular flexibility index (Phi) is 5.03. The summed E-state index contributed by atoms with van der Waals surface area (Å²) in [5.41, 5.74) is 1.76. The fourth-order valence-corrected chi connectivity index (χ4v) is 2.30. The number of amides is 1. The van der Waals surface area contributed by atoms with Crippen LogP contribution in [0.3, 0.4) is 0 Å². The lowest BCUT2D eigenvalue weighted by atomic mass is 10.2. The van der Waals surface area contributed by atoms with Crippen molar-refractivity contribution in [2.45, 2.75) is 6.92 Å². The van der Waals surface area contributed by atoms with Crippen LogP contribution < -0.4 is 5.32 Å². The van der Waals surface area contributed by atoms with E-state index in [0.29, 0.717) is 5.56 Å². The van der Waals surface area contributed by atoms with Crippen molar-refractivity contribution >= 4 is 29.9 Å². The molecule has 0 saturated heterocycles. The number of carbonyl (C=O) groups is 2. The highest BCUT2D eigenvalue weighted by molar-refractivity contribution is 6.14. The molecule has 5 nitrogen and oxygen atoms in total. The second-order valence-corrected chi connectivity index (χ2v) is 5.54. The van der Waals surface area contributed by atoms with Gasteiger partial charge in [-0.15, -0.1) is 0 Å². The van der Waals surface area contributed by atoms with Crippen LogP contribution in [-0.2, 0) is 14.3 Å². The highest BCUT2D eigenvalue weighted by Crippen LogP contribution is 2.19. The molecule has 0 saturated carbocycles. The number of ether oxygens (including phenoxy) is 1. The third-order valence-corrected chi connectivity index (χ3v) is 3.45. The molecule has 0 unspecified atom stereocenters. The lowest BCUT2D eigenvalue weighted by Gasteiger charge is -2.06. The largest absolute Gasteiger partial charge is 0.400 e. The van der Waals surface area contributed by atoms with E-state index in [0.717, 1.165) is 5.56 Å². The smallest absolute Gasteiger partial charge is 0.363 e. The summed E-state index contributed by atoms with van der Waals surface area (Å²) in [5, 5.41) is 2.62. The molecule has 0 radical (unpaired) electrons. The summed E-state index contributed by atoms with van der Waals surface area (Å²) >= 11 is 0. The minimum Gasteiger partial charge on any atom is -0.400 e. The van der Waals surface area contributed by atoms with E-state index >= 15 is 0 Å². The predicted octanol–water partition coefficient (Wildman–Crippen LogP) is 3.30. The lowest BCUT2D eigenvalue weighted by Crippen LogP contribution is -2.25. The molecule has 1 aliphatic heterocycles. The Bertz CT molecular complexity index is 929. The van der Waals surface area contributed by atoms with Crippen molar-refractivity contribution in [1.82, 2.24) is 5.32 Å². The number of nitrogens with one attached hydrogen (secondary N) is 1. The number of aliphatic imine (C=N–C) groups is 1. The Balaban J connectivity index is 1.94. The molecule has 0 bridgehead atoms. The van der Waals surface area contributed by atoms with Crippen LogP contribution in [0.4, 0.5) is 4.39 Å². The van der Waals surface area contributed by atoms with E-state index in [1.165, 1.54) is 37.3 Å². The Morgan fingerprint density at radius 1 is 1.08 bits per heavy atom. The fraction of sp³-hybridized carbons (Fsp3) is 0.0500. The molecule has 0 aliphatic carbocycles. The summed E-state index contributed by atoms with van der Waals surface area (Å²) in [7, 11) is 0. The first kappa shape index (κ1) is 17.3. The van der Waals surface area contributed by atoms with Crippen LogP contribution in [0.5, 0.6) is 0 Å². The van der Waals surface area contributed by atoms with Crippen LogP contribution in [0.1, 0.15) is 18.1 Å². The molecule has 0 aromatic heterocycles. The molecule has 1 amide bonds. The van der Waals surface area contributed by atoms with Gasteiger partial charge in [-0.2, -0.15) is 0 Å². The first-order chi connectivity index (χ1) is 12.5. The van der Waals surface area contributed by atoms with E-state index in [9.17, 15) is 14.0 Å². The van der Waals surface area contributed by atoms with Crippen molar-refractivity contribution in [2.24, 2.45) is 4.99 Å². The Labute approximate surface area is 149 Å². The first-order valence-electron chi connectivity index (χ1n) is 7.84. The van der Waals surface area contributed by atoms with Gasteiger partial charge in [0.15, 0.2) is 5.70 Å². The molecule has 0 spiro atoms. The summed E-state index contributed by atoms with van der Waals surface area (Å²) in [4.78, 5) is 27.7. The number of esters is 1. The van der Waals surface area contributed by atoms with Gasteiger partial charge in [0.1, 0.15) is 11.5 Å². The van der Waals surface area contributed by atoms with Crippen LogP contribution in [0, 0.1) is 5.82 Å². The number of hydrogen-bond acceptors (Lipinski definition) is 4. The standard InChI is InChI=1S/C20H15FN2O3/c1-13(24)22-17(11-14-5-3-2-4-6-14)19-23-18(20(25)26-19)12-15-7-9-16(21)10-8-15/h2-12H,1H3,(H,22,24). The minimum absolute atomic E-state index is 0.00224. The number of benzene rings is 2. The molecule has 2 aromatic rings. The quantitative estimate of drug-likeness (QED) is 0.680. The molecular formula is C20H15FN2O3. The van der Waals surface area contributed by atoms with Gasteiger partial charge in [0.05, 0.1) is 0 Å². The van der Waals surface area contributed by atoms with Crippen LogP contribution in [0.2, 0.25) is 0 Å². The maximum absolute atomic E-state index is 13.0. The van der Waals surface area contributed by atoms with Gasteiger partial charge in [-0.05, 0) is 35.4 Å². The van der Waals surface area contributed by atoms with Crippen molar-refractivity contribution in [3.05, 3.63) is 82.9 Å². The van der Waals surface area contributed by atoms with Gasteiger partial charge >= 0.3 is 5.97 Å². The van der Waals surface area contributed by atoms with Gasteiger partial charge < -0.3 is 10.1 Å². The van der Waals surface area contributed by atoms with Crippen molar-refractivity contribution in [3.63, 3.8) is 0 Å². The Morgan fingerprint density at radius 2 is 1.77 bits per heavy atom. The minimum atomic E-state index is -0.645. The topological polar surface area (TPSA) is 67.8 Å². The zero-order valence-corrected chi connectivity index (χ0v) is 13.9. The molecule has 130 valence electrons. The first-order valence-corrected chi connectivity index (χ1v) is 7.84. The maximum Gasteiger partial charge on any atom is 0.363 e. The van der Waals surface area contributed by atoms with Crippen LogP contribution in [0.25, 0.3) is 12.2 Å². The summed E-state index contributed by atoms with van der Waals surface area (Å²) in [6, 6.07) is 14.9. The van der Waals surface area contributed by atoms with Crippen LogP contribution in [0.15, 0.2) is 71.0 Å². The number of hydrogen-bond donors (Lipinski definition) is 1. The normalized spacial score (nSPS) is 15.6. The van der Waals surface area contributed by atoms with E-state index in [-0.39, 0.29) is 29.0 Å². The third kappa shape index (κ3) is 4.30. The number of cyclic esters (lactones) is 1. The van der Waals surface area contributed by atoms with Gasteiger partial charge in [-0.1, -0.05) is 42.5 Å². The second kappa shape index (κ2) is 7.57. The Morgan fingerprint density at radius 3 is 2.42 bits per heavy atom. The zero-order chi connectivity index (χ0) is 18.5. The average Bonchev–Trinajstić information content (AvgIpc) is 2.98. The monoisotopic (exact) mass is 350 g/mol. The van der Waals surface area contributed by atoms with Gasteiger partial charge in [0, 0.05) is 6.92 Å². The Hall–Kier alpha value is -3.54. The summed E-state index contributed by atoms with van der Waals surface area (Å²) in [6.07, 6.45) is 3.15. The number of halogens is 1. The predicted molar refractivity (Wildman–Crippen MR) is 96.1 cm³/mol. The molecule has 1 aliphatic rings. The molecule has 2 aromatic carbocycles. The SMILES string of the molecule is CC(=O)NC(=Cc1ccccc1)C1=NC(=Cc2ccc(F)cc2)C(=O)O1. The average molecular weight is 350 g/mol. The van der Waals surface area contributed by atoms with E-state index in [1.54, 1.807) is 6.08 Å². The highest BCUT2D eigenvalue weighted by atomic mass is 19.1. The van der Waals surface area contributed by atoms with Gasteiger partial charge in [-0.3, -0.25) is 4.79 Å². The summed E-state index contributed by atoms with van der Waals surface area (Å²) in [6.45, 7) is 1.35. The zero-order valence-electron chi connectivity index (χ0n) is 13.9. The molecular weight excluding hydrogens is 335 g/mol. The number of nitrogens with zero attached hydrogens (tertiary/aromatic N) is 1. The maximum atomic E-state index is 13.0. The summed E-state index contributed by atoms with van der Waals surface area (Å²) < 4.78 is 18.2. The van der Waals surface area contributed by atoms with E-state index in [2.05, 4.69) is 10.3 Å². The third-order valence-electron chi connectivity index (χ3n) is 3.45. The van der Waals surface area contributed by atoms with Gasteiger partial charge in [0.25, 0.3) is 0 Å². The molecule has 26 heavy (non-hydrogen) atoms. The number of rotatable bonds is 4. The molecule has 0 fully saturated rings. The van der Waals surface area contributed by atoms with Crippen molar-refractivity contribution in [3.8, 4) is 0 Å². The van der Waals surface area contributed by atoms with E-state index < -0.39 is 5.97 Å². The lowest BCUT2D eigenvalue weighted by molar-refractivity contribution is -0.130. The highest BCUT2D eigenvalue weighted by Gasteiger charge is 2.26. The molecule has 6 heteroatoms. The van der Waals surface area contributed by atoms with Crippen LogP contribution in [-0.4, -0.2) is 17.8 Å². The van der Waals surface area contributed by atoms with Crippen molar-refractivity contribution in [1.29, 1.82) is 0 Å². The second-order valence-electron chi connectivity index (χ2n) is 5.54. The molecule has 1 heterocycles. The summed E-state index contributed by atoms with van der Waals surface area (Å²) in [5.74, 6) is -1.33. The molecule has 3 rings (SSSR count). The molecule has 0 atom stereocenters. The fourth-order valence-electron chi connectivity index (χ4n) is 2.30. The van der Waals surface area contributed by atoms with Gasteiger partial charge in [-0.25, -0.2) is 14.2 Å².